The summed E-state index contributed by atoms with van der Waals surface area (Å²) < 4.78 is 5.57. The molecular formula is C23H18O2. The van der Waals surface area contributed by atoms with Crippen LogP contribution in [0.15, 0.2) is 91.0 Å². The van der Waals surface area contributed by atoms with Gasteiger partial charge in [-0.1, -0.05) is 91.0 Å². The van der Waals surface area contributed by atoms with Crippen LogP contribution < -0.4 is 0 Å². The molecule has 0 fully saturated rings. The van der Waals surface area contributed by atoms with E-state index in [1.54, 1.807) is 0 Å². The maximum Gasteiger partial charge on any atom is 0.318 e. The molecule has 1 aliphatic heterocycles. The minimum absolute atomic E-state index is 0.190. The van der Waals surface area contributed by atoms with Gasteiger partial charge in [0.25, 0.3) is 0 Å². The maximum atomic E-state index is 12.7. The molecule has 0 aliphatic carbocycles. The molecule has 2 heteroatoms. The van der Waals surface area contributed by atoms with E-state index in [1.807, 2.05) is 66.7 Å². The molecule has 2 nitrogen and oxygen atoms in total. The Balaban J connectivity index is 1.97. The van der Waals surface area contributed by atoms with Crippen molar-refractivity contribution in [2.45, 2.75) is 5.92 Å². The smallest absolute Gasteiger partial charge is 0.318 e. The van der Waals surface area contributed by atoms with Gasteiger partial charge >= 0.3 is 5.97 Å². The van der Waals surface area contributed by atoms with Crippen molar-refractivity contribution in [3.05, 3.63) is 108 Å². The van der Waals surface area contributed by atoms with Gasteiger partial charge in [0.2, 0.25) is 0 Å². The van der Waals surface area contributed by atoms with Gasteiger partial charge in [-0.05, 0) is 22.3 Å². The standard InChI is InChI=1S/C23H18O2/c24-23-22(19-14-8-3-9-15-19)21(18-12-6-2-7-13-18)20(16-25-23)17-10-4-1-5-11-17/h1-15,22H,16H2. The highest BCUT2D eigenvalue weighted by Gasteiger charge is 2.34. The van der Waals surface area contributed by atoms with Crippen molar-refractivity contribution in [3.63, 3.8) is 0 Å². The molecule has 1 unspecified atom stereocenters. The molecule has 1 aliphatic rings. The van der Waals surface area contributed by atoms with E-state index >= 15 is 0 Å². The Kier molecular flexibility index (Phi) is 4.17. The fourth-order valence-electron chi connectivity index (χ4n) is 3.38. The summed E-state index contributed by atoms with van der Waals surface area (Å²) in [7, 11) is 0. The van der Waals surface area contributed by atoms with Gasteiger partial charge in [-0.3, -0.25) is 4.79 Å². The lowest BCUT2D eigenvalue weighted by Crippen LogP contribution is -2.25. The Morgan fingerprint density at radius 3 is 1.80 bits per heavy atom. The topological polar surface area (TPSA) is 26.3 Å². The number of esters is 1. The fraction of sp³-hybridized carbons (Fsp3) is 0.0870. The number of hydrogen-bond donors (Lipinski definition) is 0. The van der Waals surface area contributed by atoms with Gasteiger partial charge in [0.05, 0.1) is 0 Å². The van der Waals surface area contributed by atoms with Crippen LogP contribution in [0.4, 0.5) is 0 Å². The summed E-state index contributed by atoms with van der Waals surface area (Å²) in [5, 5.41) is 0. The molecule has 1 heterocycles. The van der Waals surface area contributed by atoms with Crippen molar-refractivity contribution < 1.29 is 9.53 Å². The quantitative estimate of drug-likeness (QED) is 0.637. The monoisotopic (exact) mass is 326 g/mol. The average Bonchev–Trinajstić information content (AvgIpc) is 2.70. The molecule has 4 rings (SSSR count). The molecular weight excluding hydrogens is 308 g/mol. The number of ether oxygens (including phenoxy) is 1. The highest BCUT2D eigenvalue weighted by atomic mass is 16.5. The summed E-state index contributed by atoms with van der Waals surface area (Å²) in [6.07, 6.45) is 0. The van der Waals surface area contributed by atoms with Crippen molar-refractivity contribution in [3.8, 4) is 0 Å². The first-order chi connectivity index (χ1) is 12.3. The summed E-state index contributed by atoms with van der Waals surface area (Å²) in [6.45, 7) is 0.302. The van der Waals surface area contributed by atoms with Gasteiger partial charge < -0.3 is 4.74 Å². The fourth-order valence-corrected chi connectivity index (χ4v) is 3.38. The van der Waals surface area contributed by atoms with Gasteiger partial charge in [0.15, 0.2) is 0 Å². The third kappa shape index (κ3) is 2.99. The van der Waals surface area contributed by atoms with E-state index in [-0.39, 0.29) is 5.97 Å². The highest BCUT2D eigenvalue weighted by Crippen LogP contribution is 2.42. The van der Waals surface area contributed by atoms with E-state index in [2.05, 4.69) is 24.3 Å². The van der Waals surface area contributed by atoms with Gasteiger partial charge in [-0.15, -0.1) is 0 Å². The summed E-state index contributed by atoms with van der Waals surface area (Å²) >= 11 is 0. The molecule has 0 aromatic heterocycles. The Labute approximate surface area is 147 Å². The van der Waals surface area contributed by atoms with E-state index in [0.29, 0.717) is 6.61 Å². The molecule has 122 valence electrons. The van der Waals surface area contributed by atoms with Crippen LogP contribution in [0.2, 0.25) is 0 Å². The second-order valence-corrected chi connectivity index (χ2v) is 6.08. The number of rotatable bonds is 3. The molecule has 0 spiro atoms. The van der Waals surface area contributed by atoms with Crippen molar-refractivity contribution in [2.24, 2.45) is 0 Å². The molecule has 0 saturated carbocycles. The predicted octanol–water partition coefficient (Wildman–Crippen LogP) is 4.94. The number of carbonyl (C=O) groups excluding carboxylic acids is 1. The summed E-state index contributed by atoms with van der Waals surface area (Å²) in [4.78, 5) is 12.7. The Morgan fingerprint density at radius 2 is 1.20 bits per heavy atom. The SMILES string of the molecule is O=C1OCC(c2ccccc2)=C(c2ccccc2)C1c1ccccc1. The Bertz CT molecular complexity index is 897. The van der Waals surface area contributed by atoms with Crippen LogP contribution in [0.25, 0.3) is 11.1 Å². The number of hydrogen-bond acceptors (Lipinski definition) is 2. The largest absolute Gasteiger partial charge is 0.460 e. The number of cyclic esters (lactones) is 1. The molecule has 0 saturated heterocycles. The Morgan fingerprint density at radius 1 is 0.680 bits per heavy atom. The maximum absolute atomic E-state index is 12.7. The van der Waals surface area contributed by atoms with E-state index in [1.165, 1.54) is 0 Å². The first-order valence-electron chi connectivity index (χ1n) is 8.40. The summed E-state index contributed by atoms with van der Waals surface area (Å²) in [5.41, 5.74) is 5.22. The van der Waals surface area contributed by atoms with Crippen LogP contribution in [0.1, 0.15) is 22.6 Å². The second kappa shape index (κ2) is 6.78. The summed E-state index contributed by atoms with van der Waals surface area (Å²) in [5.74, 6) is -0.600. The molecule has 1 atom stereocenters. The number of benzene rings is 3. The van der Waals surface area contributed by atoms with Crippen LogP contribution in [-0.2, 0) is 9.53 Å². The lowest BCUT2D eigenvalue weighted by molar-refractivity contribution is -0.143. The zero-order valence-electron chi connectivity index (χ0n) is 13.8. The summed E-state index contributed by atoms with van der Waals surface area (Å²) in [6, 6.07) is 30.1. The first-order valence-corrected chi connectivity index (χ1v) is 8.40. The average molecular weight is 326 g/mol. The zero-order chi connectivity index (χ0) is 17.1. The number of carbonyl (C=O) groups is 1. The molecule has 25 heavy (non-hydrogen) atoms. The van der Waals surface area contributed by atoms with Gasteiger partial charge in [0.1, 0.15) is 12.5 Å². The van der Waals surface area contributed by atoms with Crippen LogP contribution in [0, 0.1) is 0 Å². The van der Waals surface area contributed by atoms with Gasteiger partial charge in [-0.25, -0.2) is 0 Å². The van der Waals surface area contributed by atoms with Crippen molar-refractivity contribution in [1.82, 2.24) is 0 Å². The lowest BCUT2D eigenvalue weighted by Gasteiger charge is -2.28. The minimum atomic E-state index is -0.410. The van der Waals surface area contributed by atoms with Crippen LogP contribution in [0.3, 0.4) is 0 Å². The first kappa shape index (κ1) is 15.4. The Hall–Kier alpha value is -3.13. The van der Waals surface area contributed by atoms with E-state index < -0.39 is 5.92 Å². The molecule has 0 N–H and O–H groups in total. The van der Waals surface area contributed by atoms with E-state index in [0.717, 1.165) is 27.8 Å². The van der Waals surface area contributed by atoms with Crippen molar-refractivity contribution >= 4 is 17.1 Å². The van der Waals surface area contributed by atoms with Crippen LogP contribution >= 0.6 is 0 Å². The third-order valence-corrected chi connectivity index (χ3v) is 4.55. The minimum Gasteiger partial charge on any atom is -0.460 e. The van der Waals surface area contributed by atoms with Crippen molar-refractivity contribution in [1.29, 1.82) is 0 Å². The molecule has 3 aromatic carbocycles. The third-order valence-electron chi connectivity index (χ3n) is 4.55. The molecule has 0 amide bonds. The molecule has 0 radical (unpaired) electrons. The van der Waals surface area contributed by atoms with E-state index in [4.69, 9.17) is 4.74 Å². The van der Waals surface area contributed by atoms with Crippen LogP contribution in [-0.4, -0.2) is 12.6 Å². The molecule has 0 bridgehead atoms. The van der Waals surface area contributed by atoms with Crippen LogP contribution in [0.5, 0.6) is 0 Å². The highest BCUT2D eigenvalue weighted by molar-refractivity contribution is 6.06. The second-order valence-electron chi connectivity index (χ2n) is 6.08. The van der Waals surface area contributed by atoms with Gasteiger partial charge in [0, 0.05) is 5.57 Å². The normalized spacial score (nSPS) is 17.3. The predicted molar refractivity (Wildman–Crippen MR) is 99.8 cm³/mol. The molecule has 3 aromatic rings. The van der Waals surface area contributed by atoms with Gasteiger partial charge in [-0.2, -0.15) is 0 Å². The zero-order valence-corrected chi connectivity index (χ0v) is 13.8. The van der Waals surface area contributed by atoms with Crippen molar-refractivity contribution in [2.75, 3.05) is 6.61 Å². The van der Waals surface area contributed by atoms with E-state index in [9.17, 15) is 4.79 Å². The lowest BCUT2D eigenvalue weighted by atomic mass is 9.80.